The Bertz CT molecular complexity index is 604. The summed E-state index contributed by atoms with van der Waals surface area (Å²) >= 11 is 9.24. The van der Waals surface area contributed by atoms with E-state index in [1.807, 2.05) is 18.2 Å². The Labute approximate surface area is 130 Å². The molecule has 0 fully saturated rings. The second-order valence-corrected chi connectivity index (χ2v) is 5.27. The number of alkyl halides is 1. The summed E-state index contributed by atoms with van der Waals surface area (Å²) in [5, 5.41) is 0. The van der Waals surface area contributed by atoms with Crippen molar-refractivity contribution in [3.8, 4) is 11.5 Å². The van der Waals surface area contributed by atoms with Gasteiger partial charge in [0.25, 0.3) is 0 Å². The molecule has 2 aromatic carbocycles. The van der Waals surface area contributed by atoms with E-state index in [2.05, 4.69) is 15.9 Å². The predicted octanol–water partition coefficient (Wildman–Crippen LogP) is 4.91. The monoisotopic (exact) mass is 358 g/mol. The summed E-state index contributed by atoms with van der Waals surface area (Å²) in [7, 11) is 1.43. The topological polar surface area (TPSA) is 18.5 Å². The van der Waals surface area contributed by atoms with Crippen molar-refractivity contribution in [1.29, 1.82) is 0 Å². The van der Waals surface area contributed by atoms with Gasteiger partial charge >= 0.3 is 0 Å². The van der Waals surface area contributed by atoms with Gasteiger partial charge in [0.1, 0.15) is 12.4 Å². The maximum absolute atomic E-state index is 13.5. The molecule has 0 bridgehead atoms. The molecule has 0 heterocycles. The second-order valence-electron chi connectivity index (χ2n) is 4.14. The lowest BCUT2D eigenvalue weighted by Gasteiger charge is -2.09. The van der Waals surface area contributed by atoms with E-state index in [-0.39, 0.29) is 12.4 Å². The van der Waals surface area contributed by atoms with Crippen molar-refractivity contribution in [3.05, 3.63) is 57.8 Å². The van der Waals surface area contributed by atoms with E-state index >= 15 is 0 Å². The van der Waals surface area contributed by atoms with Crippen LogP contribution in [0.5, 0.6) is 11.5 Å². The lowest BCUT2D eigenvalue weighted by atomic mass is 10.2. The zero-order chi connectivity index (χ0) is 14.5. The van der Waals surface area contributed by atoms with Crippen LogP contribution in [0.1, 0.15) is 11.1 Å². The van der Waals surface area contributed by atoms with Crippen LogP contribution in [-0.2, 0) is 12.5 Å². The molecule has 2 nitrogen and oxygen atoms in total. The highest BCUT2D eigenvalue weighted by atomic mass is 79.9. The average molecular weight is 360 g/mol. The van der Waals surface area contributed by atoms with E-state index in [4.69, 9.17) is 21.1 Å². The maximum Gasteiger partial charge on any atom is 0.165 e. The molecule has 0 saturated carbocycles. The van der Waals surface area contributed by atoms with Gasteiger partial charge in [0.15, 0.2) is 11.6 Å². The molecule has 106 valence electrons. The number of hydrogen-bond acceptors (Lipinski definition) is 2. The van der Waals surface area contributed by atoms with Crippen LogP contribution in [0.4, 0.5) is 4.39 Å². The molecule has 0 saturated heterocycles. The van der Waals surface area contributed by atoms with Gasteiger partial charge in [0.05, 0.1) is 7.11 Å². The second kappa shape index (κ2) is 6.95. The van der Waals surface area contributed by atoms with Gasteiger partial charge in [0.2, 0.25) is 0 Å². The van der Waals surface area contributed by atoms with Gasteiger partial charge in [-0.3, -0.25) is 0 Å². The van der Waals surface area contributed by atoms with Crippen molar-refractivity contribution in [2.24, 2.45) is 0 Å². The van der Waals surface area contributed by atoms with Gasteiger partial charge in [-0.25, -0.2) is 4.39 Å². The van der Waals surface area contributed by atoms with Gasteiger partial charge in [-0.1, -0.05) is 22.0 Å². The highest BCUT2D eigenvalue weighted by Crippen LogP contribution is 2.25. The normalized spacial score (nSPS) is 10.4. The fraction of sp³-hybridized carbons (Fsp3) is 0.200. The van der Waals surface area contributed by atoms with Crippen LogP contribution in [0, 0.1) is 5.82 Å². The van der Waals surface area contributed by atoms with E-state index in [1.54, 1.807) is 12.1 Å². The van der Waals surface area contributed by atoms with E-state index in [0.29, 0.717) is 11.6 Å². The van der Waals surface area contributed by atoms with E-state index < -0.39 is 5.82 Å². The fourth-order valence-corrected chi connectivity index (χ4v) is 2.48. The summed E-state index contributed by atoms with van der Waals surface area (Å²) in [6, 6.07) is 10.3. The fourth-order valence-electron chi connectivity index (χ4n) is 1.71. The minimum Gasteiger partial charge on any atom is -0.494 e. The first-order chi connectivity index (χ1) is 9.63. The zero-order valence-corrected chi connectivity index (χ0v) is 13.2. The molecule has 0 unspecified atom stereocenters. The summed E-state index contributed by atoms with van der Waals surface area (Å²) in [5.41, 5.74) is 1.68. The third kappa shape index (κ3) is 3.64. The molecular weight excluding hydrogens is 347 g/mol. The van der Waals surface area contributed by atoms with Crippen LogP contribution in [0.2, 0.25) is 0 Å². The molecule has 2 aromatic rings. The quantitative estimate of drug-likeness (QED) is 0.706. The Morgan fingerprint density at radius 1 is 1.20 bits per heavy atom. The minimum atomic E-state index is -0.397. The molecule has 20 heavy (non-hydrogen) atoms. The zero-order valence-electron chi connectivity index (χ0n) is 10.8. The Morgan fingerprint density at radius 2 is 2.00 bits per heavy atom. The molecule has 2 rings (SSSR count). The molecule has 0 atom stereocenters. The Morgan fingerprint density at radius 3 is 2.65 bits per heavy atom. The van der Waals surface area contributed by atoms with Crippen molar-refractivity contribution < 1.29 is 13.9 Å². The third-order valence-corrected chi connectivity index (χ3v) is 3.84. The highest BCUT2D eigenvalue weighted by Gasteiger charge is 2.05. The number of rotatable bonds is 5. The smallest absolute Gasteiger partial charge is 0.165 e. The molecule has 0 aliphatic rings. The van der Waals surface area contributed by atoms with Crippen LogP contribution in [-0.4, -0.2) is 7.11 Å². The predicted molar refractivity (Wildman–Crippen MR) is 81.0 cm³/mol. The first-order valence-corrected chi connectivity index (χ1v) is 7.26. The number of hydrogen-bond donors (Lipinski definition) is 0. The van der Waals surface area contributed by atoms with Crippen LogP contribution in [0.15, 0.2) is 40.9 Å². The van der Waals surface area contributed by atoms with Gasteiger partial charge < -0.3 is 9.47 Å². The van der Waals surface area contributed by atoms with Crippen LogP contribution < -0.4 is 9.47 Å². The van der Waals surface area contributed by atoms with Crippen LogP contribution in [0.3, 0.4) is 0 Å². The highest BCUT2D eigenvalue weighted by molar-refractivity contribution is 9.10. The maximum atomic E-state index is 13.5. The number of halogens is 3. The third-order valence-electron chi connectivity index (χ3n) is 2.78. The van der Waals surface area contributed by atoms with Gasteiger partial charge in [-0.2, -0.15) is 0 Å². The molecule has 0 radical (unpaired) electrons. The molecular formula is C15H13BrClFO2. The number of benzene rings is 2. The summed E-state index contributed by atoms with van der Waals surface area (Å²) in [5.74, 6) is 0.919. The minimum absolute atomic E-state index is 0.224. The Kier molecular flexibility index (Phi) is 5.26. The van der Waals surface area contributed by atoms with E-state index in [0.717, 1.165) is 15.6 Å². The van der Waals surface area contributed by atoms with Crippen molar-refractivity contribution in [1.82, 2.24) is 0 Å². The Hall–Kier alpha value is -1.26. The standard InChI is InChI=1S/C15H13BrClFO2/c1-19-15-5-2-10(6-14(15)18)9-20-12-3-4-13(16)11(7-12)8-17/h2-7H,8-9H2,1H3. The van der Waals surface area contributed by atoms with Gasteiger partial charge in [-0.15, -0.1) is 11.6 Å². The lowest BCUT2D eigenvalue weighted by molar-refractivity contribution is 0.304. The van der Waals surface area contributed by atoms with Crippen molar-refractivity contribution >= 4 is 27.5 Å². The summed E-state index contributed by atoms with van der Waals surface area (Å²) in [6.45, 7) is 0.282. The SMILES string of the molecule is COc1ccc(COc2ccc(Br)c(CCl)c2)cc1F. The molecule has 0 aliphatic heterocycles. The van der Waals surface area contributed by atoms with E-state index in [9.17, 15) is 4.39 Å². The first kappa shape index (κ1) is 15.1. The molecule has 0 N–H and O–H groups in total. The molecule has 0 aliphatic carbocycles. The Balaban J connectivity index is 2.07. The summed E-state index contributed by atoms with van der Waals surface area (Å²) in [6.07, 6.45) is 0. The van der Waals surface area contributed by atoms with E-state index in [1.165, 1.54) is 13.2 Å². The van der Waals surface area contributed by atoms with Gasteiger partial charge in [-0.05, 0) is 41.5 Å². The van der Waals surface area contributed by atoms with Crippen LogP contribution >= 0.6 is 27.5 Å². The van der Waals surface area contributed by atoms with Gasteiger partial charge in [0, 0.05) is 10.4 Å². The average Bonchev–Trinajstić information content (AvgIpc) is 2.46. The number of methoxy groups -OCH3 is 1. The largest absolute Gasteiger partial charge is 0.494 e. The summed E-state index contributed by atoms with van der Waals surface area (Å²) < 4.78 is 25.0. The number of ether oxygens (including phenoxy) is 2. The molecule has 0 spiro atoms. The van der Waals surface area contributed by atoms with Crippen LogP contribution in [0.25, 0.3) is 0 Å². The first-order valence-electron chi connectivity index (χ1n) is 5.93. The lowest BCUT2D eigenvalue weighted by Crippen LogP contribution is -1.98. The molecule has 0 aromatic heterocycles. The van der Waals surface area contributed by atoms with Crippen molar-refractivity contribution in [3.63, 3.8) is 0 Å². The summed E-state index contributed by atoms with van der Waals surface area (Å²) in [4.78, 5) is 0. The molecule has 0 amide bonds. The molecule has 5 heteroatoms. The van der Waals surface area contributed by atoms with Crippen molar-refractivity contribution in [2.75, 3.05) is 7.11 Å². The van der Waals surface area contributed by atoms with Crippen molar-refractivity contribution in [2.45, 2.75) is 12.5 Å².